The van der Waals surface area contributed by atoms with E-state index in [0.717, 1.165) is 20.9 Å². The topological polar surface area (TPSA) is 25.8 Å². The summed E-state index contributed by atoms with van der Waals surface area (Å²) >= 11 is 3.47. The summed E-state index contributed by atoms with van der Waals surface area (Å²) in [5.74, 6) is 0. The van der Waals surface area contributed by atoms with Crippen LogP contribution in [0.4, 0.5) is 0 Å². The zero-order valence-corrected chi connectivity index (χ0v) is 9.40. The Kier molecular flexibility index (Phi) is 1.92. The first-order chi connectivity index (χ1) is 7.36. The highest BCUT2D eigenvalue weighted by atomic mass is 79.9. The van der Waals surface area contributed by atoms with Gasteiger partial charge in [0.25, 0.3) is 0 Å². The molecule has 1 aromatic carbocycles. The maximum absolute atomic E-state index is 4.48. The molecule has 0 N–H and O–H groups in total. The van der Waals surface area contributed by atoms with E-state index in [4.69, 9.17) is 0 Å². The normalized spacial score (nSPS) is 11.0. The van der Waals surface area contributed by atoms with Gasteiger partial charge in [0.2, 0.25) is 0 Å². The number of para-hydroxylation sites is 1. The van der Waals surface area contributed by atoms with Crippen LogP contribution in [0.25, 0.3) is 21.7 Å². The lowest BCUT2D eigenvalue weighted by atomic mass is 10.1. The lowest BCUT2D eigenvalue weighted by Crippen LogP contribution is -1.85. The summed E-state index contributed by atoms with van der Waals surface area (Å²) in [7, 11) is 0. The summed E-state index contributed by atoms with van der Waals surface area (Å²) < 4.78 is 0.851. The van der Waals surface area contributed by atoms with Gasteiger partial charge in [-0.15, -0.1) is 0 Å². The molecule has 2 heterocycles. The van der Waals surface area contributed by atoms with E-state index in [9.17, 15) is 0 Å². The molecule has 0 saturated carbocycles. The van der Waals surface area contributed by atoms with E-state index in [-0.39, 0.29) is 0 Å². The molecule has 2 aromatic heterocycles. The molecule has 0 atom stereocenters. The molecule has 15 heavy (non-hydrogen) atoms. The fourth-order valence-electron chi connectivity index (χ4n) is 1.76. The molecule has 0 saturated heterocycles. The maximum atomic E-state index is 4.48. The van der Waals surface area contributed by atoms with Crippen molar-refractivity contribution in [1.29, 1.82) is 0 Å². The average Bonchev–Trinajstić information content (AvgIpc) is 2.30. The van der Waals surface area contributed by atoms with Crippen molar-refractivity contribution < 1.29 is 0 Å². The third kappa shape index (κ3) is 1.31. The summed E-state index contributed by atoms with van der Waals surface area (Å²) in [6.45, 7) is 0. The van der Waals surface area contributed by atoms with Crippen LogP contribution in [0.2, 0.25) is 0 Å². The fourth-order valence-corrected chi connectivity index (χ4v) is 2.27. The zero-order valence-electron chi connectivity index (χ0n) is 7.81. The molecule has 0 aliphatic rings. The van der Waals surface area contributed by atoms with Gasteiger partial charge >= 0.3 is 0 Å². The Hall–Kier alpha value is -1.48. The van der Waals surface area contributed by atoms with E-state index < -0.39 is 0 Å². The van der Waals surface area contributed by atoms with E-state index in [2.05, 4.69) is 32.0 Å². The van der Waals surface area contributed by atoms with Gasteiger partial charge in [0.15, 0.2) is 0 Å². The summed E-state index contributed by atoms with van der Waals surface area (Å²) in [6, 6.07) is 10.1. The number of halogens is 1. The van der Waals surface area contributed by atoms with Crippen LogP contribution in [0, 0.1) is 0 Å². The van der Waals surface area contributed by atoms with Crippen molar-refractivity contribution >= 4 is 37.6 Å². The molecule has 0 bridgehead atoms. The minimum atomic E-state index is 0.851. The first-order valence-electron chi connectivity index (χ1n) is 4.64. The van der Waals surface area contributed by atoms with Gasteiger partial charge in [-0.05, 0) is 33.4 Å². The second kappa shape index (κ2) is 3.28. The molecule has 0 spiro atoms. The minimum Gasteiger partial charge on any atom is -0.264 e. The quantitative estimate of drug-likeness (QED) is 0.455. The van der Waals surface area contributed by atoms with Crippen LogP contribution >= 0.6 is 15.9 Å². The van der Waals surface area contributed by atoms with Crippen molar-refractivity contribution in [2.75, 3.05) is 0 Å². The molecule has 0 aliphatic heterocycles. The number of hydrogen-bond acceptors (Lipinski definition) is 2. The Balaban J connectivity index is 2.64. The second-order valence-electron chi connectivity index (χ2n) is 3.34. The van der Waals surface area contributed by atoms with Crippen molar-refractivity contribution in [2.45, 2.75) is 0 Å². The van der Waals surface area contributed by atoms with E-state index in [1.54, 1.807) is 6.20 Å². The maximum Gasteiger partial charge on any atom is 0.116 e. The van der Waals surface area contributed by atoms with Gasteiger partial charge < -0.3 is 0 Å². The molecule has 2 nitrogen and oxygen atoms in total. The Morgan fingerprint density at radius 1 is 0.933 bits per heavy atom. The van der Waals surface area contributed by atoms with Crippen molar-refractivity contribution in [3.8, 4) is 0 Å². The molecule has 0 amide bonds. The number of aromatic nitrogens is 2. The SMILES string of the molecule is Brc1nc2ccccc2c2ccncc12. The lowest BCUT2D eigenvalue weighted by Gasteiger charge is -2.04. The van der Waals surface area contributed by atoms with E-state index >= 15 is 0 Å². The second-order valence-corrected chi connectivity index (χ2v) is 4.09. The third-order valence-electron chi connectivity index (χ3n) is 2.46. The van der Waals surface area contributed by atoms with Crippen molar-refractivity contribution in [2.24, 2.45) is 0 Å². The van der Waals surface area contributed by atoms with Gasteiger partial charge in [-0.1, -0.05) is 18.2 Å². The molecule has 72 valence electrons. The summed E-state index contributed by atoms with van der Waals surface area (Å²) in [5, 5.41) is 3.40. The number of hydrogen-bond donors (Lipinski definition) is 0. The molecular formula is C12H7BrN2. The number of rotatable bonds is 0. The highest BCUT2D eigenvalue weighted by molar-refractivity contribution is 9.10. The Labute approximate surface area is 95.1 Å². The van der Waals surface area contributed by atoms with Crippen LogP contribution in [0.15, 0.2) is 47.3 Å². The molecule has 0 aliphatic carbocycles. The van der Waals surface area contributed by atoms with Crippen LogP contribution < -0.4 is 0 Å². The summed E-state index contributed by atoms with van der Waals surface area (Å²) in [6.07, 6.45) is 3.64. The minimum absolute atomic E-state index is 0.851. The molecule has 3 heteroatoms. The fraction of sp³-hybridized carbons (Fsp3) is 0. The average molecular weight is 259 g/mol. The largest absolute Gasteiger partial charge is 0.264 e. The number of fused-ring (bicyclic) bond motifs is 3. The van der Waals surface area contributed by atoms with Gasteiger partial charge in [-0.2, -0.15) is 0 Å². The van der Waals surface area contributed by atoms with Crippen molar-refractivity contribution in [3.05, 3.63) is 47.3 Å². The van der Waals surface area contributed by atoms with E-state index in [1.165, 1.54) is 5.39 Å². The van der Waals surface area contributed by atoms with Crippen LogP contribution in [-0.2, 0) is 0 Å². The number of benzene rings is 1. The van der Waals surface area contributed by atoms with Gasteiger partial charge in [0, 0.05) is 23.2 Å². The smallest absolute Gasteiger partial charge is 0.116 e. The van der Waals surface area contributed by atoms with E-state index in [0.29, 0.717) is 0 Å². The van der Waals surface area contributed by atoms with E-state index in [1.807, 2.05) is 30.5 Å². The first-order valence-corrected chi connectivity index (χ1v) is 5.43. The van der Waals surface area contributed by atoms with Gasteiger partial charge in [0.1, 0.15) is 4.60 Å². The lowest BCUT2D eigenvalue weighted by molar-refractivity contribution is 1.33. The predicted molar refractivity (Wildman–Crippen MR) is 64.7 cm³/mol. The van der Waals surface area contributed by atoms with Crippen molar-refractivity contribution in [1.82, 2.24) is 9.97 Å². The molecule has 0 radical (unpaired) electrons. The Morgan fingerprint density at radius 2 is 1.80 bits per heavy atom. The van der Waals surface area contributed by atoms with Crippen LogP contribution in [0.5, 0.6) is 0 Å². The summed E-state index contributed by atoms with van der Waals surface area (Å²) in [5.41, 5.74) is 1.00. The molecular weight excluding hydrogens is 252 g/mol. The number of pyridine rings is 2. The third-order valence-corrected chi connectivity index (χ3v) is 3.06. The monoisotopic (exact) mass is 258 g/mol. The number of nitrogens with zero attached hydrogens (tertiary/aromatic N) is 2. The van der Waals surface area contributed by atoms with Gasteiger partial charge in [-0.3, -0.25) is 4.98 Å². The van der Waals surface area contributed by atoms with Crippen LogP contribution in [0.3, 0.4) is 0 Å². The van der Waals surface area contributed by atoms with Gasteiger partial charge in [0.05, 0.1) is 5.52 Å². The predicted octanol–water partition coefficient (Wildman–Crippen LogP) is 3.55. The highest BCUT2D eigenvalue weighted by Crippen LogP contribution is 2.28. The Bertz CT molecular complexity index is 649. The first kappa shape index (κ1) is 8.80. The molecule has 0 fully saturated rings. The van der Waals surface area contributed by atoms with Gasteiger partial charge in [-0.25, -0.2) is 4.98 Å². The zero-order chi connectivity index (χ0) is 10.3. The Morgan fingerprint density at radius 3 is 2.73 bits per heavy atom. The standard InChI is InChI=1S/C12H7BrN2/c13-12-10-7-14-6-5-8(10)9-3-1-2-4-11(9)15-12/h1-7H. The summed E-state index contributed by atoms with van der Waals surface area (Å²) in [4.78, 5) is 8.59. The molecule has 3 rings (SSSR count). The highest BCUT2D eigenvalue weighted by Gasteiger charge is 2.04. The van der Waals surface area contributed by atoms with Crippen LogP contribution in [0.1, 0.15) is 0 Å². The molecule has 3 aromatic rings. The molecule has 0 unspecified atom stereocenters. The van der Waals surface area contributed by atoms with Crippen LogP contribution in [-0.4, -0.2) is 9.97 Å². The van der Waals surface area contributed by atoms with Crippen molar-refractivity contribution in [3.63, 3.8) is 0 Å².